The highest BCUT2D eigenvalue weighted by atomic mass is 35.5. The second-order valence-corrected chi connectivity index (χ2v) is 3.63. The molecular weight excluding hydrogens is 202 g/mol. The van der Waals surface area contributed by atoms with Gasteiger partial charge in [0.05, 0.1) is 12.2 Å². The molecule has 1 N–H and O–H groups in total. The van der Waals surface area contributed by atoms with E-state index < -0.39 is 6.23 Å². The van der Waals surface area contributed by atoms with Gasteiger partial charge in [-0.1, -0.05) is 16.8 Å². The normalized spacial score (nSPS) is 20.5. The van der Waals surface area contributed by atoms with Crippen molar-refractivity contribution in [2.24, 2.45) is 10.3 Å². The molecule has 74 valence electrons. The van der Waals surface area contributed by atoms with Crippen molar-refractivity contribution in [3.8, 4) is 0 Å². The largest absolute Gasteiger partial charge is 0.369 e. The van der Waals surface area contributed by atoms with Crippen LogP contribution in [0.1, 0.15) is 5.56 Å². The maximum absolute atomic E-state index is 9.18. The minimum absolute atomic E-state index is 0.405. The van der Waals surface area contributed by atoms with E-state index >= 15 is 0 Å². The molecule has 0 spiro atoms. The number of benzene rings is 1. The molecule has 1 unspecified atom stereocenters. The molecule has 5 heteroatoms. The smallest absolute Gasteiger partial charge is 0.187 e. The maximum atomic E-state index is 9.18. The molecule has 0 aromatic heterocycles. The quantitative estimate of drug-likeness (QED) is 0.774. The topological polar surface area (TPSA) is 48.2 Å². The van der Waals surface area contributed by atoms with Gasteiger partial charge in [-0.3, -0.25) is 0 Å². The molecule has 0 amide bonds. The number of aliphatic hydroxyl groups is 1. The van der Waals surface area contributed by atoms with Crippen LogP contribution < -0.4 is 5.01 Å². The third-order valence-corrected chi connectivity index (χ3v) is 2.30. The Labute approximate surface area is 86.8 Å². The highest BCUT2D eigenvalue weighted by molar-refractivity contribution is 6.30. The second kappa shape index (κ2) is 3.55. The number of halogens is 1. The van der Waals surface area contributed by atoms with Crippen LogP contribution >= 0.6 is 11.6 Å². The van der Waals surface area contributed by atoms with Crippen LogP contribution in [0.2, 0.25) is 5.02 Å². The summed E-state index contributed by atoms with van der Waals surface area (Å²) in [5.41, 5.74) is 1.94. The van der Waals surface area contributed by atoms with Gasteiger partial charge in [-0.05, 0) is 30.7 Å². The summed E-state index contributed by atoms with van der Waals surface area (Å²) in [6.07, 6.45) is -0.718. The first-order valence-electron chi connectivity index (χ1n) is 4.29. The van der Waals surface area contributed by atoms with E-state index in [1.54, 1.807) is 11.1 Å². The predicted molar refractivity (Wildman–Crippen MR) is 54.4 cm³/mol. The fourth-order valence-electron chi connectivity index (χ4n) is 1.40. The lowest BCUT2D eigenvalue weighted by Crippen LogP contribution is -2.20. The van der Waals surface area contributed by atoms with Crippen molar-refractivity contribution in [2.75, 3.05) is 11.6 Å². The zero-order chi connectivity index (χ0) is 10.1. The number of anilines is 1. The van der Waals surface area contributed by atoms with Crippen LogP contribution in [-0.4, -0.2) is 17.9 Å². The van der Waals surface area contributed by atoms with Crippen LogP contribution in [0.4, 0.5) is 5.69 Å². The molecule has 0 radical (unpaired) electrons. The van der Waals surface area contributed by atoms with E-state index in [0.717, 1.165) is 11.3 Å². The van der Waals surface area contributed by atoms with E-state index in [-0.39, 0.29) is 0 Å². The number of rotatable bonds is 1. The highest BCUT2D eigenvalue weighted by Crippen LogP contribution is 2.26. The maximum Gasteiger partial charge on any atom is 0.187 e. The summed E-state index contributed by atoms with van der Waals surface area (Å²) in [6, 6.07) is 5.52. The van der Waals surface area contributed by atoms with Crippen molar-refractivity contribution in [3.63, 3.8) is 0 Å². The third kappa shape index (κ3) is 1.71. The summed E-state index contributed by atoms with van der Waals surface area (Å²) in [7, 11) is 0. The molecule has 2 rings (SSSR count). The highest BCUT2D eigenvalue weighted by Gasteiger charge is 2.18. The molecule has 1 aromatic carbocycles. The number of aryl methyl sites for hydroxylation is 1. The lowest BCUT2D eigenvalue weighted by Gasteiger charge is -2.14. The van der Waals surface area contributed by atoms with Crippen LogP contribution in [0.3, 0.4) is 0 Å². The number of hydrogen-bond donors (Lipinski definition) is 1. The van der Waals surface area contributed by atoms with Crippen molar-refractivity contribution < 1.29 is 5.11 Å². The second-order valence-electron chi connectivity index (χ2n) is 3.20. The summed E-state index contributed by atoms with van der Waals surface area (Å²) in [4.78, 5) is 0. The molecule has 0 bridgehead atoms. The number of β-amino-alcohol motifs (C(OH)–C–C–N with tert-alkyl or cyclic N) is 1. The SMILES string of the molecule is Cc1cc(Cl)ccc1N1CC(O)N=N1. The zero-order valence-corrected chi connectivity index (χ0v) is 8.44. The van der Waals surface area contributed by atoms with Crippen molar-refractivity contribution in [1.29, 1.82) is 0 Å². The number of aliphatic hydroxyl groups excluding tert-OH is 1. The Balaban J connectivity index is 2.29. The average Bonchev–Trinajstić information content (AvgIpc) is 2.51. The van der Waals surface area contributed by atoms with E-state index in [1.807, 2.05) is 19.1 Å². The van der Waals surface area contributed by atoms with Gasteiger partial charge in [0.15, 0.2) is 6.23 Å². The van der Waals surface area contributed by atoms with Crippen molar-refractivity contribution in [3.05, 3.63) is 28.8 Å². The van der Waals surface area contributed by atoms with Gasteiger partial charge in [0.2, 0.25) is 0 Å². The summed E-state index contributed by atoms with van der Waals surface area (Å²) in [5, 5.41) is 19.0. The van der Waals surface area contributed by atoms with E-state index in [0.29, 0.717) is 11.6 Å². The van der Waals surface area contributed by atoms with Crippen molar-refractivity contribution >= 4 is 17.3 Å². The van der Waals surface area contributed by atoms with Crippen LogP contribution in [0, 0.1) is 6.92 Å². The Morgan fingerprint density at radius 3 is 2.93 bits per heavy atom. The molecule has 0 saturated carbocycles. The van der Waals surface area contributed by atoms with Crippen LogP contribution in [0.25, 0.3) is 0 Å². The first-order valence-corrected chi connectivity index (χ1v) is 4.67. The van der Waals surface area contributed by atoms with Gasteiger partial charge in [-0.15, -0.1) is 5.11 Å². The minimum atomic E-state index is -0.718. The van der Waals surface area contributed by atoms with Gasteiger partial charge in [0.25, 0.3) is 0 Å². The van der Waals surface area contributed by atoms with Gasteiger partial charge >= 0.3 is 0 Å². The monoisotopic (exact) mass is 211 g/mol. The lowest BCUT2D eigenvalue weighted by molar-refractivity contribution is 0.201. The molecule has 1 heterocycles. The molecule has 0 saturated heterocycles. The van der Waals surface area contributed by atoms with Gasteiger partial charge in [-0.2, -0.15) is 0 Å². The first-order chi connectivity index (χ1) is 6.66. The van der Waals surface area contributed by atoms with E-state index in [9.17, 15) is 5.11 Å². The molecule has 1 aromatic rings. The van der Waals surface area contributed by atoms with Gasteiger partial charge in [0.1, 0.15) is 0 Å². The van der Waals surface area contributed by atoms with Gasteiger partial charge in [-0.25, -0.2) is 5.01 Å². The van der Waals surface area contributed by atoms with Crippen molar-refractivity contribution in [2.45, 2.75) is 13.2 Å². The lowest BCUT2D eigenvalue weighted by atomic mass is 10.2. The Hall–Kier alpha value is -1.13. The molecule has 0 aliphatic carbocycles. The Bertz CT molecular complexity index is 380. The van der Waals surface area contributed by atoms with Gasteiger partial charge in [0, 0.05) is 5.02 Å². The standard InChI is InChI=1S/C9H10ClN3O/c1-6-4-7(10)2-3-8(6)13-5-9(14)11-12-13/h2-4,9,14H,5H2,1H3. The van der Waals surface area contributed by atoms with Crippen LogP contribution in [-0.2, 0) is 0 Å². The van der Waals surface area contributed by atoms with Crippen LogP contribution in [0.5, 0.6) is 0 Å². The third-order valence-electron chi connectivity index (χ3n) is 2.07. The Kier molecular flexibility index (Phi) is 2.39. The molecule has 0 fully saturated rings. The first kappa shape index (κ1) is 9.43. The molecule has 14 heavy (non-hydrogen) atoms. The molecule has 1 aliphatic rings. The number of hydrogen-bond acceptors (Lipinski definition) is 4. The average molecular weight is 212 g/mol. The fourth-order valence-corrected chi connectivity index (χ4v) is 1.63. The summed E-state index contributed by atoms with van der Waals surface area (Å²) in [6.45, 7) is 2.35. The Morgan fingerprint density at radius 2 is 2.36 bits per heavy atom. The van der Waals surface area contributed by atoms with Crippen LogP contribution in [0.15, 0.2) is 28.5 Å². The summed E-state index contributed by atoms with van der Waals surface area (Å²) >= 11 is 5.83. The fraction of sp³-hybridized carbons (Fsp3) is 0.333. The zero-order valence-electron chi connectivity index (χ0n) is 7.68. The van der Waals surface area contributed by atoms with E-state index in [1.165, 1.54) is 0 Å². The molecule has 1 aliphatic heterocycles. The van der Waals surface area contributed by atoms with Gasteiger partial charge < -0.3 is 5.11 Å². The van der Waals surface area contributed by atoms with E-state index in [4.69, 9.17) is 11.6 Å². The summed E-state index contributed by atoms with van der Waals surface area (Å²) in [5.74, 6) is 0. The predicted octanol–water partition coefficient (Wildman–Crippen LogP) is 2.15. The molecule has 1 atom stereocenters. The Morgan fingerprint density at radius 1 is 1.57 bits per heavy atom. The molecular formula is C9H10ClN3O. The molecule has 4 nitrogen and oxygen atoms in total. The minimum Gasteiger partial charge on any atom is -0.369 e. The van der Waals surface area contributed by atoms with E-state index in [2.05, 4.69) is 10.3 Å². The summed E-state index contributed by atoms with van der Waals surface area (Å²) < 4.78 is 0. The number of nitrogens with zero attached hydrogens (tertiary/aromatic N) is 3. The van der Waals surface area contributed by atoms with Crippen molar-refractivity contribution in [1.82, 2.24) is 0 Å².